The molecule has 0 amide bonds. The van der Waals surface area contributed by atoms with Crippen molar-refractivity contribution in [2.24, 2.45) is 5.41 Å². The molecule has 84 valence electrons. The zero-order chi connectivity index (χ0) is 11.0. The van der Waals surface area contributed by atoms with E-state index >= 15 is 0 Å². The number of carbonyl (C=O) groups is 1. The van der Waals surface area contributed by atoms with E-state index < -0.39 is 0 Å². The average Bonchev–Trinajstić information content (AvgIpc) is 2.09. The van der Waals surface area contributed by atoms with Crippen molar-refractivity contribution in [3.8, 4) is 0 Å². The van der Waals surface area contributed by atoms with Gasteiger partial charge in [-0.1, -0.05) is 34.1 Å². The van der Waals surface area contributed by atoms with Gasteiger partial charge >= 0.3 is 0 Å². The molecule has 0 unspecified atom stereocenters. The second kappa shape index (κ2) is 6.99. The molecule has 0 saturated carbocycles. The fraction of sp³-hybridized carbons (Fsp3) is 0.917. The average molecular weight is 199 g/mol. The Kier molecular flexibility index (Phi) is 6.81. The molecule has 1 N–H and O–H groups in total. The molecular weight excluding hydrogens is 174 g/mol. The summed E-state index contributed by atoms with van der Waals surface area (Å²) in [5.41, 5.74) is -0.151. The maximum absolute atomic E-state index is 11.5. The summed E-state index contributed by atoms with van der Waals surface area (Å²) in [7, 11) is 0. The van der Waals surface area contributed by atoms with Gasteiger partial charge in [-0.25, -0.2) is 0 Å². The van der Waals surface area contributed by atoms with Crippen LogP contribution in [0.1, 0.15) is 53.4 Å². The molecule has 2 heteroatoms. The number of Topliss-reactive ketones (excluding diaryl/α,β-unsaturated/α-hetero) is 1. The summed E-state index contributed by atoms with van der Waals surface area (Å²) in [5.74, 6) is 0.390. The highest BCUT2D eigenvalue weighted by Crippen LogP contribution is 2.18. The highest BCUT2D eigenvalue weighted by molar-refractivity contribution is 5.83. The fourth-order valence-corrected chi connectivity index (χ4v) is 1.26. The first kappa shape index (κ1) is 13.6. The van der Waals surface area contributed by atoms with Crippen LogP contribution in [0.4, 0.5) is 0 Å². The van der Waals surface area contributed by atoms with Gasteiger partial charge in [-0.2, -0.15) is 0 Å². The maximum atomic E-state index is 11.5. The van der Waals surface area contributed by atoms with Crippen molar-refractivity contribution in [2.75, 3.05) is 13.1 Å². The zero-order valence-corrected chi connectivity index (χ0v) is 10.2. The van der Waals surface area contributed by atoms with Gasteiger partial charge in [-0.3, -0.25) is 4.79 Å². The SMILES string of the molecule is CCNCCCCCC(=O)C(C)(C)C. The minimum Gasteiger partial charge on any atom is -0.317 e. The third kappa shape index (κ3) is 7.07. The Morgan fingerprint density at radius 1 is 1.14 bits per heavy atom. The molecule has 0 aliphatic heterocycles. The van der Waals surface area contributed by atoms with E-state index in [1.54, 1.807) is 0 Å². The van der Waals surface area contributed by atoms with Crippen LogP contribution in [0.25, 0.3) is 0 Å². The van der Waals surface area contributed by atoms with Crippen molar-refractivity contribution < 1.29 is 4.79 Å². The first-order valence-corrected chi connectivity index (χ1v) is 5.72. The van der Waals surface area contributed by atoms with Gasteiger partial charge in [0.2, 0.25) is 0 Å². The van der Waals surface area contributed by atoms with Crippen LogP contribution >= 0.6 is 0 Å². The van der Waals surface area contributed by atoms with Crippen LogP contribution in [0, 0.1) is 5.41 Å². The molecule has 0 radical (unpaired) electrons. The molecule has 0 bridgehead atoms. The van der Waals surface area contributed by atoms with E-state index in [-0.39, 0.29) is 5.41 Å². The van der Waals surface area contributed by atoms with Gasteiger partial charge < -0.3 is 5.32 Å². The lowest BCUT2D eigenvalue weighted by Gasteiger charge is -2.16. The molecule has 0 saturated heterocycles. The van der Waals surface area contributed by atoms with Crippen LogP contribution in [0.2, 0.25) is 0 Å². The first-order valence-electron chi connectivity index (χ1n) is 5.72. The quantitative estimate of drug-likeness (QED) is 0.639. The summed E-state index contributed by atoms with van der Waals surface area (Å²) >= 11 is 0. The Morgan fingerprint density at radius 3 is 2.29 bits per heavy atom. The van der Waals surface area contributed by atoms with Crippen LogP contribution in [0.15, 0.2) is 0 Å². The molecule has 0 atom stereocenters. The smallest absolute Gasteiger partial charge is 0.138 e. The van der Waals surface area contributed by atoms with Gasteiger partial charge in [0.1, 0.15) is 5.78 Å². The molecule has 0 aromatic rings. The Labute approximate surface area is 88.5 Å². The molecule has 14 heavy (non-hydrogen) atoms. The molecular formula is C12H25NO. The first-order chi connectivity index (χ1) is 6.48. The topological polar surface area (TPSA) is 29.1 Å². The van der Waals surface area contributed by atoms with E-state index in [2.05, 4.69) is 12.2 Å². The summed E-state index contributed by atoms with van der Waals surface area (Å²) in [6, 6.07) is 0. The Bertz CT molecular complexity index is 158. The van der Waals surface area contributed by atoms with Gasteiger partial charge in [-0.15, -0.1) is 0 Å². The summed E-state index contributed by atoms with van der Waals surface area (Å²) < 4.78 is 0. The largest absolute Gasteiger partial charge is 0.317 e. The number of hydrogen-bond donors (Lipinski definition) is 1. The van der Waals surface area contributed by atoms with Gasteiger partial charge in [0.05, 0.1) is 0 Å². The number of ketones is 1. The van der Waals surface area contributed by atoms with Gasteiger partial charge in [0.15, 0.2) is 0 Å². The zero-order valence-electron chi connectivity index (χ0n) is 10.2. The Balaban J connectivity index is 3.33. The summed E-state index contributed by atoms with van der Waals surface area (Å²) in [6.45, 7) is 10.2. The maximum Gasteiger partial charge on any atom is 0.138 e. The number of nitrogens with one attached hydrogen (secondary N) is 1. The van der Waals surface area contributed by atoms with Crippen LogP contribution < -0.4 is 5.32 Å². The highest BCUT2D eigenvalue weighted by atomic mass is 16.1. The molecule has 2 nitrogen and oxygen atoms in total. The summed E-state index contributed by atoms with van der Waals surface area (Å²) in [5, 5.41) is 3.28. The number of carbonyl (C=O) groups excluding carboxylic acids is 1. The van der Waals surface area contributed by atoms with Crippen LogP contribution in [-0.2, 0) is 4.79 Å². The normalized spacial score (nSPS) is 11.7. The van der Waals surface area contributed by atoms with Gasteiger partial charge in [-0.05, 0) is 25.9 Å². The second-order valence-electron chi connectivity index (χ2n) is 4.84. The van der Waals surface area contributed by atoms with E-state index in [0.717, 1.165) is 32.4 Å². The molecule has 0 aliphatic carbocycles. The third-order valence-corrected chi connectivity index (χ3v) is 2.34. The van der Waals surface area contributed by atoms with Gasteiger partial charge in [0, 0.05) is 11.8 Å². The lowest BCUT2D eigenvalue weighted by atomic mass is 9.88. The second-order valence-corrected chi connectivity index (χ2v) is 4.84. The molecule has 0 aromatic carbocycles. The lowest BCUT2D eigenvalue weighted by molar-refractivity contribution is -0.126. The number of hydrogen-bond acceptors (Lipinski definition) is 2. The summed E-state index contributed by atoms with van der Waals surface area (Å²) in [6.07, 6.45) is 4.14. The van der Waals surface area contributed by atoms with E-state index in [9.17, 15) is 4.79 Å². The lowest BCUT2D eigenvalue weighted by Crippen LogP contribution is -2.19. The van der Waals surface area contributed by atoms with Crippen molar-refractivity contribution in [3.63, 3.8) is 0 Å². The monoisotopic (exact) mass is 199 g/mol. The fourth-order valence-electron chi connectivity index (χ4n) is 1.26. The van der Waals surface area contributed by atoms with E-state index in [0.29, 0.717) is 5.78 Å². The van der Waals surface area contributed by atoms with E-state index in [1.165, 1.54) is 6.42 Å². The minimum atomic E-state index is -0.151. The van der Waals surface area contributed by atoms with Crippen LogP contribution in [0.5, 0.6) is 0 Å². The molecule has 0 heterocycles. The predicted molar refractivity (Wildman–Crippen MR) is 61.5 cm³/mol. The predicted octanol–water partition coefficient (Wildman–Crippen LogP) is 2.77. The van der Waals surface area contributed by atoms with Crippen molar-refractivity contribution in [2.45, 2.75) is 53.4 Å². The van der Waals surface area contributed by atoms with Crippen molar-refractivity contribution >= 4 is 5.78 Å². The van der Waals surface area contributed by atoms with Crippen LogP contribution in [-0.4, -0.2) is 18.9 Å². The number of unbranched alkanes of at least 4 members (excludes halogenated alkanes) is 2. The Morgan fingerprint density at radius 2 is 1.79 bits per heavy atom. The van der Waals surface area contributed by atoms with Gasteiger partial charge in [0.25, 0.3) is 0 Å². The number of rotatable bonds is 7. The summed E-state index contributed by atoms with van der Waals surface area (Å²) in [4.78, 5) is 11.5. The van der Waals surface area contributed by atoms with E-state index in [1.807, 2.05) is 20.8 Å². The molecule has 0 spiro atoms. The van der Waals surface area contributed by atoms with Crippen molar-refractivity contribution in [3.05, 3.63) is 0 Å². The minimum absolute atomic E-state index is 0.151. The van der Waals surface area contributed by atoms with Crippen molar-refractivity contribution in [1.29, 1.82) is 0 Å². The van der Waals surface area contributed by atoms with Crippen molar-refractivity contribution in [1.82, 2.24) is 5.32 Å². The molecule has 0 fully saturated rings. The molecule has 0 aromatic heterocycles. The Hall–Kier alpha value is -0.370. The molecule has 0 rings (SSSR count). The highest BCUT2D eigenvalue weighted by Gasteiger charge is 2.19. The van der Waals surface area contributed by atoms with Crippen LogP contribution in [0.3, 0.4) is 0 Å². The molecule has 0 aliphatic rings. The third-order valence-electron chi connectivity index (χ3n) is 2.34. The van der Waals surface area contributed by atoms with E-state index in [4.69, 9.17) is 0 Å². The standard InChI is InChI=1S/C12H25NO/c1-5-13-10-8-6-7-9-11(14)12(2,3)4/h13H,5-10H2,1-4H3.